The van der Waals surface area contributed by atoms with Gasteiger partial charge in [-0.2, -0.15) is 0 Å². The molecular formula is C26H21N. The molecule has 0 N–H and O–H groups in total. The molecule has 0 radical (unpaired) electrons. The van der Waals surface area contributed by atoms with Gasteiger partial charge in [0.15, 0.2) is 0 Å². The lowest BCUT2D eigenvalue weighted by atomic mass is 9.89. The maximum atomic E-state index is 2.28. The molecule has 0 bridgehead atoms. The Kier molecular flexibility index (Phi) is 3.79. The minimum Gasteiger partial charge on any atom is -0.345 e. The van der Waals surface area contributed by atoms with Crippen LogP contribution in [0.3, 0.4) is 0 Å². The summed E-state index contributed by atoms with van der Waals surface area (Å²) in [7, 11) is 2.12. The third-order valence-corrected chi connectivity index (χ3v) is 5.59. The highest BCUT2D eigenvalue weighted by Gasteiger charge is 2.29. The predicted molar refractivity (Wildman–Crippen MR) is 114 cm³/mol. The zero-order chi connectivity index (χ0) is 18.2. The Morgan fingerprint density at radius 3 is 1.59 bits per heavy atom. The maximum Gasteiger partial charge on any atom is 0.0408 e. The summed E-state index contributed by atoms with van der Waals surface area (Å²) >= 11 is 0. The molecule has 0 heterocycles. The fraction of sp³-hybridized carbons (Fsp3) is 0.0769. The SMILES string of the molecule is CN(c1ccccc1)c1ccc(C2c3ccccc3-c3ccccc32)cc1. The molecule has 0 fully saturated rings. The van der Waals surface area contributed by atoms with Crippen LogP contribution in [0, 0.1) is 0 Å². The van der Waals surface area contributed by atoms with E-state index in [1.54, 1.807) is 0 Å². The van der Waals surface area contributed by atoms with E-state index in [9.17, 15) is 0 Å². The minimum atomic E-state index is 0.313. The topological polar surface area (TPSA) is 3.24 Å². The zero-order valence-corrected chi connectivity index (χ0v) is 15.3. The highest BCUT2D eigenvalue weighted by molar-refractivity contribution is 5.80. The molecule has 1 aliphatic carbocycles. The predicted octanol–water partition coefficient (Wildman–Crippen LogP) is 6.62. The summed E-state index contributed by atoms with van der Waals surface area (Å²) in [6.45, 7) is 0. The number of para-hydroxylation sites is 1. The fourth-order valence-corrected chi connectivity index (χ4v) is 4.21. The average molecular weight is 347 g/mol. The smallest absolute Gasteiger partial charge is 0.0408 e. The van der Waals surface area contributed by atoms with Crippen LogP contribution in [0.2, 0.25) is 0 Å². The van der Waals surface area contributed by atoms with Crippen molar-refractivity contribution >= 4 is 11.4 Å². The molecule has 0 saturated heterocycles. The Hall–Kier alpha value is -3.32. The molecule has 0 aliphatic heterocycles. The Morgan fingerprint density at radius 1 is 0.519 bits per heavy atom. The first-order valence-corrected chi connectivity index (χ1v) is 9.40. The molecule has 0 amide bonds. The van der Waals surface area contributed by atoms with Gasteiger partial charge >= 0.3 is 0 Å². The summed E-state index contributed by atoms with van der Waals surface area (Å²) in [5, 5.41) is 0. The van der Waals surface area contributed by atoms with E-state index in [0.717, 1.165) is 0 Å². The number of fused-ring (bicyclic) bond motifs is 3. The van der Waals surface area contributed by atoms with Gasteiger partial charge in [0.2, 0.25) is 0 Å². The lowest BCUT2D eigenvalue weighted by molar-refractivity contribution is 1.01. The van der Waals surface area contributed by atoms with E-state index in [0.29, 0.717) is 5.92 Å². The quantitative estimate of drug-likeness (QED) is 0.355. The van der Waals surface area contributed by atoms with E-state index < -0.39 is 0 Å². The number of anilines is 2. The van der Waals surface area contributed by atoms with Crippen LogP contribution in [0.1, 0.15) is 22.6 Å². The van der Waals surface area contributed by atoms with Gasteiger partial charge in [0.05, 0.1) is 0 Å². The fourth-order valence-electron chi connectivity index (χ4n) is 4.21. The van der Waals surface area contributed by atoms with Crippen LogP contribution in [0.25, 0.3) is 11.1 Å². The van der Waals surface area contributed by atoms with E-state index in [1.807, 2.05) is 0 Å². The van der Waals surface area contributed by atoms with Gasteiger partial charge in [0.1, 0.15) is 0 Å². The second kappa shape index (κ2) is 6.44. The summed E-state index contributed by atoms with van der Waals surface area (Å²) in [4.78, 5) is 2.22. The standard InChI is InChI=1S/C26H21N/c1-27(20-9-3-2-4-10-20)21-17-15-19(16-18-21)26-24-13-7-5-11-22(24)23-12-6-8-14-25(23)26/h2-18,26H,1H3. The molecule has 130 valence electrons. The highest BCUT2D eigenvalue weighted by atomic mass is 15.1. The third-order valence-electron chi connectivity index (χ3n) is 5.59. The lowest BCUT2D eigenvalue weighted by Gasteiger charge is -2.21. The molecule has 1 heteroatoms. The summed E-state index contributed by atoms with van der Waals surface area (Å²) in [6, 6.07) is 37.1. The monoisotopic (exact) mass is 347 g/mol. The van der Waals surface area contributed by atoms with Crippen molar-refractivity contribution in [2.45, 2.75) is 5.92 Å². The van der Waals surface area contributed by atoms with Crippen molar-refractivity contribution in [3.63, 3.8) is 0 Å². The van der Waals surface area contributed by atoms with Gasteiger partial charge in [0.25, 0.3) is 0 Å². The van der Waals surface area contributed by atoms with Crippen molar-refractivity contribution < 1.29 is 0 Å². The van der Waals surface area contributed by atoms with E-state index in [4.69, 9.17) is 0 Å². The molecule has 4 aromatic rings. The Balaban J connectivity index is 1.54. The number of hydrogen-bond acceptors (Lipinski definition) is 1. The van der Waals surface area contributed by atoms with Crippen molar-refractivity contribution in [2.24, 2.45) is 0 Å². The van der Waals surface area contributed by atoms with Gasteiger partial charge < -0.3 is 4.90 Å². The van der Waals surface area contributed by atoms with Crippen LogP contribution >= 0.6 is 0 Å². The van der Waals surface area contributed by atoms with Crippen LogP contribution < -0.4 is 4.90 Å². The largest absolute Gasteiger partial charge is 0.345 e. The molecule has 0 unspecified atom stereocenters. The normalized spacial score (nSPS) is 12.5. The van der Waals surface area contributed by atoms with Crippen LogP contribution in [0.5, 0.6) is 0 Å². The van der Waals surface area contributed by atoms with Gasteiger partial charge in [-0.1, -0.05) is 78.9 Å². The van der Waals surface area contributed by atoms with Gasteiger partial charge in [-0.15, -0.1) is 0 Å². The first-order chi connectivity index (χ1) is 13.3. The molecule has 0 spiro atoms. The summed E-state index contributed by atoms with van der Waals surface area (Å²) in [6.07, 6.45) is 0. The second-order valence-corrected chi connectivity index (χ2v) is 7.09. The van der Waals surface area contributed by atoms with Crippen molar-refractivity contribution in [3.8, 4) is 11.1 Å². The van der Waals surface area contributed by atoms with Crippen molar-refractivity contribution in [3.05, 3.63) is 120 Å². The van der Waals surface area contributed by atoms with Crippen molar-refractivity contribution in [1.82, 2.24) is 0 Å². The highest BCUT2D eigenvalue weighted by Crippen LogP contribution is 2.47. The maximum absolute atomic E-state index is 2.28. The summed E-state index contributed by atoms with van der Waals surface area (Å²) < 4.78 is 0. The van der Waals surface area contributed by atoms with Crippen molar-refractivity contribution in [1.29, 1.82) is 0 Å². The molecule has 4 aromatic carbocycles. The molecule has 1 aliphatic rings. The van der Waals surface area contributed by atoms with Crippen LogP contribution in [-0.4, -0.2) is 7.05 Å². The van der Waals surface area contributed by atoms with E-state index in [2.05, 4.69) is 115 Å². The van der Waals surface area contributed by atoms with E-state index in [1.165, 1.54) is 39.2 Å². The number of nitrogens with zero attached hydrogens (tertiary/aromatic N) is 1. The second-order valence-electron chi connectivity index (χ2n) is 7.09. The van der Waals surface area contributed by atoms with Crippen molar-refractivity contribution in [2.75, 3.05) is 11.9 Å². The molecule has 27 heavy (non-hydrogen) atoms. The first kappa shape index (κ1) is 15.9. The minimum absolute atomic E-state index is 0.313. The van der Waals surface area contributed by atoms with Crippen LogP contribution in [0.4, 0.5) is 11.4 Å². The van der Waals surface area contributed by atoms with E-state index >= 15 is 0 Å². The summed E-state index contributed by atoms with van der Waals surface area (Å²) in [5.41, 5.74) is 9.28. The van der Waals surface area contributed by atoms with Gasteiger partial charge in [0, 0.05) is 24.3 Å². The zero-order valence-electron chi connectivity index (χ0n) is 15.3. The number of hydrogen-bond donors (Lipinski definition) is 0. The Labute approximate surface area is 160 Å². The van der Waals surface area contributed by atoms with Gasteiger partial charge in [-0.3, -0.25) is 0 Å². The molecule has 0 saturated carbocycles. The Morgan fingerprint density at radius 2 is 1.00 bits per heavy atom. The molecular weight excluding hydrogens is 326 g/mol. The van der Waals surface area contributed by atoms with Crippen LogP contribution in [-0.2, 0) is 0 Å². The third kappa shape index (κ3) is 2.63. The van der Waals surface area contributed by atoms with E-state index in [-0.39, 0.29) is 0 Å². The van der Waals surface area contributed by atoms with Gasteiger partial charge in [-0.25, -0.2) is 0 Å². The van der Waals surface area contributed by atoms with Gasteiger partial charge in [-0.05, 0) is 52.1 Å². The van der Waals surface area contributed by atoms with Crippen LogP contribution in [0.15, 0.2) is 103 Å². The first-order valence-electron chi connectivity index (χ1n) is 9.40. The average Bonchev–Trinajstić information content (AvgIpc) is 3.08. The Bertz CT molecular complexity index is 1030. The summed E-state index contributed by atoms with van der Waals surface area (Å²) in [5.74, 6) is 0.313. The molecule has 0 atom stereocenters. The number of benzene rings is 4. The molecule has 0 aromatic heterocycles. The molecule has 1 nitrogen and oxygen atoms in total. The lowest BCUT2D eigenvalue weighted by Crippen LogP contribution is -2.09. The number of rotatable bonds is 3. The molecule has 5 rings (SSSR count).